The summed E-state index contributed by atoms with van der Waals surface area (Å²) in [6, 6.07) is 15.6. The molecule has 78 heavy (non-hydrogen) atoms. The zero-order chi connectivity index (χ0) is 56.6. The number of piperidine rings is 1. The average molecular weight is 1260 g/mol. The minimum absolute atomic E-state index is 0. The maximum Gasteiger partial charge on any atom is 2.00 e. The molecular weight excluding hydrogens is 1160 g/mol. The van der Waals surface area contributed by atoms with Crippen molar-refractivity contribution in [2.45, 2.75) is 175 Å². The molecule has 8 nitrogen and oxygen atoms in total. The zero-order valence-corrected chi connectivity index (χ0v) is 53.4. The van der Waals surface area contributed by atoms with E-state index in [-0.39, 0.29) is 45.8 Å². The number of halogens is 3. The van der Waals surface area contributed by atoms with Crippen molar-refractivity contribution in [3.05, 3.63) is 138 Å². The van der Waals surface area contributed by atoms with Crippen LogP contribution in [-0.2, 0) is 41.8 Å². The Balaban J connectivity index is 0.000000711. The first kappa shape index (κ1) is 67.1. The quantitative estimate of drug-likeness (QED) is 0.0229. The van der Waals surface area contributed by atoms with Crippen LogP contribution in [0, 0.1) is 30.7 Å². The Morgan fingerprint density at radius 3 is 2.23 bits per heavy atom. The Hall–Kier alpha value is -3.43. The van der Waals surface area contributed by atoms with Gasteiger partial charge in [0.05, 0.1) is 11.4 Å². The average Bonchev–Trinajstić information content (AvgIpc) is 4.11. The first-order valence-corrected chi connectivity index (χ1v) is 29.1. The minimum atomic E-state index is -4.43. The number of unbranched alkanes of at least 4 members (excludes halogenated alkanes) is 1. The van der Waals surface area contributed by atoms with Crippen LogP contribution in [0.3, 0.4) is 0 Å². The van der Waals surface area contributed by atoms with Crippen LogP contribution in [0.1, 0.15) is 152 Å². The molecule has 7 rings (SSSR count). The van der Waals surface area contributed by atoms with Gasteiger partial charge in [0, 0.05) is 34.7 Å². The molecule has 1 saturated carbocycles. The molecule has 0 bridgehead atoms. The Bertz CT molecular complexity index is 2540. The predicted octanol–water partition coefficient (Wildman–Crippen LogP) is 15.7. The van der Waals surface area contributed by atoms with Gasteiger partial charge in [-0.15, -0.1) is 44.5 Å². The minimum Gasteiger partial charge on any atom is -0.657 e. The normalized spacial score (nSPS) is 17.6. The van der Waals surface area contributed by atoms with Crippen molar-refractivity contribution in [3.8, 4) is 22.4 Å². The standard InChI is InChI=1S/C54H73F3N5.C6H10NS.C5H14N2.Ta/c1-13-37(8)51-47(30-43(32-59-51)40-20-23-61(24-21-40)45-16-17-45)52-48(31-53(10,11)22-19-34(3)4)46-29-41(15-18-49(46)62(52)33-54(55,56)57)42-26-36(7)25-39(27-42)28-44(14-2)60-38(9)50(58-12)35(5)6;1-2-6-3-4-7(8)5-6;1-7-5-3-2-4-6;/h14-15,18,25-27,29-30,32,35,37,40,44-45,50,60H,2-3,9,13,16-17,19-24,28,31,33H2,1,4-8,10-12H3;2,5-6,8H,1,3-4H2;7H,2-6H2,1H3;/q2*-1;;+2/t37?,44?,50-;;;/m0.../s1. The Morgan fingerprint density at radius 2 is 1.69 bits per heavy atom. The van der Waals surface area contributed by atoms with E-state index in [0.29, 0.717) is 41.8 Å². The molecule has 1 aliphatic carbocycles. The number of allylic oxidation sites excluding steroid dienone is 1. The number of thiol groups is 1. The third kappa shape index (κ3) is 19.9. The number of aryl methyl sites for hydroxylation is 1. The van der Waals surface area contributed by atoms with Gasteiger partial charge in [0.25, 0.3) is 0 Å². The van der Waals surface area contributed by atoms with E-state index in [2.05, 4.69) is 152 Å². The van der Waals surface area contributed by atoms with E-state index in [4.69, 9.17) is 10.7 Å². The number of nitrogens with two attached hydrogens (primary N) is 1. The van der Waals surface area contributed by atoms with Gasteiger partial charge in [-0.05, 0) is 193 Å². The van der Waals surface area contributed by atoms with Crippen molar-refractivity contribution in [1.29, 1.82) is 0 Å². The molecular formula is C65H97F3N8STa. The number of hydrogen-bond donors (Lipinski definition) is 4. The molecule has 2 saturated heterocycles. The van der Waals surface area contributed by atoms with Crippen molar-refractivity contribution in [2.24, 2.45) is 23.0 Å². The molecule has 2 aromatic carbocycles. The molecule has 4 aromatic rings. The zero-order valence-electron chi connectivity index (χ0n) is 49.3. The summed E-state index contributed by atoms with van der Waals surface area (Å²) in [5.41, 5.74) is 16.4. The Labute approximate surface area is 491 Å². The van der Waals surface area contributed by atoms with Crippen molar-refractivity contribution >= 4 is 23.7 Å². The van der Waals surface area contributed by atoms with Crippen LogP contribution in [0.5, 0.6) is 0 Å². The number of pyridine rings is 1. The summed E-state index contributed by atoms with van der Waals surface area (Å²) in [6.07, 6.45) is 13.5. The number of rotatable bonds is 25. The van der Waals surface area contributed by atoms with Gasteiger partial charge in [0.2, 0.25) is 0 Å². The van der Waals surface area contributed by atoms with Gasteiger partial charge in [-0.2, -0.15) is 20.2 Å². The Kier molecular flexibility index (Phi) is 27.3. The second-order valence-corrected chi connectivity index (χ2v) is 24.1. The molecule has 13 heteroatoms. The molecule has 4 atom stereocenters. The van der Waals surface area contributed by atoms with E-state index in [0.717, 1.165) is 139 Å². The van der Waals surface area contributed by atoms with Crippen LogP contribution in [-0.4, -0.2) is 89.9 Å². The summed E-state index contributed by atoms with van der Waals surface area (Å²) in [7, 11) is 3.79. The number of likely N-dealkylation sites (tertiary alicyclic amines) is 1. The third-order valence-corrected chi connectivity index (χ3v) is 16.1. The van der Waals surface area contributed by atoms with E-state index in [1.165, 1.54) is 25.7 Å². The molecule has 0 spiro atoms. The summed E-state index contributed by atoms with van der Waals surface area (Å²) < 4.78 is 48.5. The van der Waals surface area contributed by atoms with E-state index >= 15 is 0 Å². The fourth-order valence-corrected chi connectivity index (χ4v) is 11.4. The van der Waals surface area contributed by atoms with Gasteiger partial charge in [0.1, 0.15) is 6.54 Å². The number of aromatic nitrogens is 2. The number of hydrogen-bond acceptors (Lipinski definition) is 7. The maximum atomic E-state index is 15.0. The molecule has 4 heterocycles. The van der Waals surface area contributed by atoms with E-state index < -0.39 is 12.7 Å². The maximum absolute atomic E-state index is 15.0. The van der Waals surface area contributed by atoms with Gasteiger partial charge < -0.3 is 35.5 Å². The molecule has 1 radical (unpaired) electrons. The van der Waals surface area contributed by atoms with Crippen molar-refractivity contribution < 1.29 is 35.6 Å². The van der Waals surface area contributed by atoms with Crippen LogP contribution in [0.25, 0.3) is 38.6 Å². The van der Waals surface area contributed by atoms with Crippen LogP contribution in [0.15, 0.2) is 98.4 Å². The molecule has 2 aromatic heterocycles. The smallest absolute Gasteiger partial charge is 0.657 e. The van der Waals surface area contributed by atoms with Gasteiger partial charge >= 0.3 is 28.6 Å². The predicted molar refractivity (Wildman–Crippen MR) is 327 cm³/mol. The van der Waals surface area contributed by atoms with Crippen molar-refractivity contribution in [3.63, 3.8) is 0 Å². The van der Waals surface area contributed by atoms with Crippen molar-refractivity contribution in [2.75, 3.05) is 46.8 Å². The van der Waals surface area contributed by atoms with Gasteiger partial charge in [0.15, 0.2) is 0 Å². The second-order valence-electron chi connectivity index (χ2n) is 23.6. The first-order valence-electron chi connectivity index (χ1n) is 28.7. The molecule has 4 N–H and O–H groups in total. The van der Waals surface area contributed by atoms with E-state index in [9.17, 15) is 13.2 Å². The monoisotopic (exact) mass is 1260 g/mol. The molecule has 3 unspecified atom stereocenters. The number of likely N-dealkylation sites (N-methyl/N-ethyl adjacent to an activating group) is 1. The second kappa shape index (κ2) is 31.7. The molecule has 0 amide bonds. The molecule has 3 fully saturated rings. The van der Waals surface area contributed by atoms with Crippen LogP contribution >= 0.6 is 12.8 Å². The SMILES string of the molecule is C=CC(Cc1cc(C)cc(-c2ccc3c(c2)c(CC(C)(C)CCC(=C)C)c(-c2cc(C4CCN(C5CC5)CC4)cnc2C(C)CC)n3CC(F)(F)F)c1)NC(=C)[C@@H]([N-]C)C(C)C.C=CC1[CH-]N(S)CC1.CNCCCCN.[Ta+2]. The molecule has 2 aliphatic heterocycles. The number of alkyl halides is 3. The number of nitrogens with zero attached hydrogens (tertiary/aromatic N) is 5. The van der Waals surface area contributed by atoms with Crippen LogP contribution in [0.2, 0.25) is 0 Å². The Morgan fingerprint density at radius 1 is 0.987 bits per heavy atom. The summed E-state index contributed by atoms with van der Waals surface area (Å²) in [5, 5.41) is 12.0. The van der Waals surface area contributed by atoms with Gasteiger partial charge in [-0.25, -0.2) is 6.54 Å². The first-order chi connectivity index (χ1) is 36.5. The summed E-state index contributed by atoms with van der Waals surface area (Å²) in [6.45, 7) is 39.7. The van der Waals surface area contributed by atoms with Gasteiger partial charge in [-0.1, -0.05) is 108 Å². The molecule has 429 valence electrons. The summed E-state index contributed by atoms with van der Waals surface area (Å²) >= 11 is 4.14. The molecule has 3 aliphatic rings. The van der Waals surface area contributed by atoms with E-state index in [1.54, 1.807) is 4.57 Å². The third-order valence-electron chi connectivity index (χ3n) is 15.8. The largest absolute Gasteiger partial charge is 2.00 e. The van der Waals surface area contributed by atoms with Gasteiger partial charge in [-0.3, -0.25) is 4.98 Å². The number of fused-ring (bicyclic) bond motifs is 1. The fourth-order valence-electron chi connectivity index (χ4n) is 11.1. The summed E-state index contributed by atoms with van der Waals surface area (Å²) in [5.74, 6) is 1.27. The summed E-state index contributed by atoms with van der Waals surface area (Å²) in [4.78, 5) is 7.81. The van der Waals surface area contributed by atoms with E-state index in [1.807, 2.05) is 48.9 Å². The van der Waals surface area contributed by atoms with Crippen molar-refractivity contribution in [1.82, 2.24) is 29.4 Å². The van der Waals surface area contributed by atoms with Crippen LogP contribution < -0.4 is 16.4 Å². The number of nitrogens with one attached hydrogen (secondary N) is 2. The topological polar surface area (TPSA) is 88.5 Å². The number of benzene rings is 2. The fraction of sp³-hybridized carbons (Fsp3) is 0.569. The van der Waals surface area contributed by atoms with Crippen LogP contribution in [0.4, 0.5) is 13.2 Å².